The van der Waals surface area contributed by atoms with Gasteiger partial charge < -0.3 is 10.1 Å². The van der Waals surface area contributed by atoms with Crippen LogP contribution in [0.5, 0.6) is 5.88 Å². The highest BCUT2D eigenvalue weighted by molar-refractivity contribution is 6.30. The van der Waals surface area contributed by atoms with Crippen LogP contribution in [0.1, 0.15) is 16.8 Å². The third-order valence-electron chi connectivity index (χ3n) is 3.10. The van der Waals surface area contributed by atoms with E-state index >= 15 is 0 Å². The van der Waals surface area contributed by atoms with Gasteiger partial charge in [0.2, 0.25) is 5.88 Å². The molecule has 0 saturated carbocycles. The summed E-state index contributed by atoms with van der Waals surface area (Å²) >= 11 is 5.75. The van der Waals surface area contributed by atoms with E-state index in [1.807, 2.05) is 14.0 Å². The van der Waals surface area contributed by atoms with Crippen LogP contribution in [-0.4, -0.2) is 16.9 Å². The second-order valence-electron chi connectivity index (χ2n) is 4.55. The van der Waals surface area contributed by atoms with Gasteiger partial charge in [0.05, 0.1) is 23.4 Å². The molecule has 2 aromatic rings. The van der Waals surface area contributed by atoms with E-state index in [2.05, 4.69) is 10.4 Å². The number of aromatic nitrogens is 2. The van der Waals surface area contributed by atoms with Crippen molar-refractivity contribution in [3.05, 3.63) is 45.9 Å². The lowest BCUT2D eigenvalue weighted by Gasteiger charge is -2.07. The topological polar surface area (TPSA) is 39.1 Å². The average molecular weight is 298 g/mol. The molecule has 2 rings (SSSR count). The Bertz CT molecular complexity index is 613. The number of halogens is 2. The first-order chi connectivity index (χ1) is 9.52. The van der Waals surface area contributed by atoms with Crippen LogP contribution in [0.4, 0.5) is 4.39 Å². The summed E-state index contributed by atoms with van der Waals surface area (Å²) in [6.07, 6.45) is 0. The van der Waals surface area contributed by atoms with Crippen molar-refractivity contribution in [3.63, 3.8) is 0 Å². The van der Waals surface area contributed by atoms with Crippen molar-refractivity contribution in [2.45, 2.75) is 20.0 Å². The minimum atomic E-state index is -0.403. The number of ether oxygens (including phenoxy) is 1. The zero-order valence-corrected chi connectivity index (χ0v) is 12.5. The Morgan fingerprint density at radius 3 is 2.80 bits per heavy atom. The first-order valence-corrected chi connectivity index (χ1v) is 6.61. The molecule has 0 aliphatic rings. The number of aryl methyl sites for hydroxylation is 2. The maximum absolute atomic E-state index is 13.1. The summed E-state index contributed by atoms with van der Waals surface area (Å²) in [5.74, 6) is 0.340. The van der Waals surface area contributed by atoms with Crippen LogP contribution < -0.4 is 10.1 Å². The van der Waals surface area contributed by atoms with Gasteiger partial charge in [0.15, 0.2) is 0 Å². The van der Waals surface area contributed by atoms with Gasteiger partial charge in [0.25, 0.3) is 0 Å². The molecular formula is C14H17ClFN3O. The summed E-state index contributed by atoms with van der Waals surface area (Å²) < 4.78 is 20.1. The fraction of sp³-hybridized carbons (Fsp3) is 0.357. The molecule has 0 amide bonds. The van der Waals surface area contributed by atoms with Crippen molar-refractivity contribution in [2.75, 3.05) is 7.11 Å². The fourth-order valence-electron chi connectivity index (χ4n) is 2.12. The summed E-state index contributed by atoms with van der Waals surface area (Å²) in [7, 11) is 3.47. The Morgan fingerprint density at radius 2 is 2.15 bits per heavy atom. The fourth-order valence-corrected chi connectivity index (χ4v) is 2.32. The van der Waals surface area contributed by atoms with Gasteiger partial charge >= 0.3 is 0 Å². The predicted octanol–water partition coefficient (Wildman–Crippen LogP) is 2.82. The molecule has 0 unspecified atom stereocenters. The average Bonchev–Trinajstić information content (AvgIpc) is 2.68. The Hall–Kier alpha value is -1.59. The lowest BCUT2D eigenvalue weighted by molar-refractivity contribution is 0.368. The van der Waals surface area contributed by atoms with Crippen molar-refractivity contribution in [1.82, 2.24) is 15.1 Å². The number of methoxy groups -OCH3 is 1. The summed E-state index contributed by atoms with van der Waals surface area (Å²) in [5.41, 5.74) is 2.87. The van der Waals surface area contributed by atoms with Crippen LogP contribution in [-0.2, 0) is 20.1 Å². The Morgan fingerprint density at radius 1 is 1.40 bits per heavy atom. The zero-order chi connectivity index (χ0) is 14.7. The molecular weight excluding hydrogens is 281 g/mol. The normalized spacial score (nSPS) is 10.8. The van der Waals surface area contributed by atoms with Crippen LogP contribution in [0.25, 0.3) is 0 Å². The standard InChI is InChI=1S/C14H17ClFN3O/c1-9-11(14(20-3)19(2)18-9)8-17-7-10-4-5-13(16)12(15)6-10/h4-6,17H,7-8H2,1-3H3. The summed E-state index contributed by atoms with van der Waals surface area (Å²) in [6, 6.07) is 4.70. The number of rotatable bonds is 5. The molecule has 0 bridgehead atoms. The van der Waals surface area contributed by atoms with Crippen LogP contribution >= 0.6 is 11.6 Å². The molecule has 0 aliphatic heterocycles. The number of hydrogen-bond donors (Lipinski definition) is 1. The van der Waals surface area contributed by atoms with Gasteiger partial charge in [0, 0.05) is 20.1 Å². The number of hydrogen-bond acceptors (Lipinski definition) is 3. The van der Waals surface area contributed by atoms with Crippen LogP contribution in [0.3, 0.4) is 0 Å². The van der Waals surface area contributed by atoms with Crippen LogP contribution in [0.15, 0.2) is 18.2 Å². The molecule has 0 atom stereocenters. The smallest absolute Gasteiger partial charge is 0.216 e. The second-order valence-corrected chi connectivity index (χ2v) is 4.96. The van der Waals surface area contributed by atoms with Gasteiger partial charge in [-0.05, 0) is 24.6 Å². The maximum atomic E-state index is 13.1. The molecule has 0 aliphatic carbocycles. The monoisotopic (exact) mass is 297 g/mol. The Labute approximate surface area is 122 Å². The molecule has 0 radical (unpaired) electrons. The lowest BCUT2D eigenvalue weighted by atomic mass is 10.2. The van der Waals surface area contributed by atoms with E-state index in [4.69, 9.17) is 16.3 Å². The van der Waals surface area contributed by atoms with E-state index in [9.17, 15) is 4.39 Å². The van der Waals surface area contributed by atoms with E-state index < -0.39 is 5.82 Å². The third-order valence-corrected chi connectivity index (χ3v) is 3.39. The van der Waals surface area contributed by atoms with Crippen molar-refractivity contribution < 1.29 is 9.13 Å². The van der Waals surface area contributed by atoms with Crippen molar-refractivity contribution in [1.29, 1.82) is 0 Å². The van der Waals surface area contributed by atoms with E-state index in [0.717, 1.165) is 22.7 Å². The van der Waals surface area contributed by atoms with E-state index in [-0.39, 0.29) is 5.02 Å². The number of nitrogens with one attached hydrogen (secondary N) is 1. The first kappa shape index (κ1) is 14.8. The molecule has 4 nitrogen and oxygen atoms in total. The molecule has 108 valence electrons. The highest BCUT2D eigenvalue weighted by atomic mass is 35.5. The van der Waals surface area contributed by atoms with E-state index in [1.54, 1.807) is 23.9 Å². The first-order valence-electron chi connectivity index (χ1n) is 6.24. The summed E-state index contributed by atoms with van der Waals surface area (Å²) in [5, 5.41) is 7.73. The van der Waals surface area contributed by atoms with Gasteiger partial charge in [-0.25, -0.2) is 9.07 Å². The molecule has 1 N–H and O–H groups in total. The number of benzene rings is 1. The van der Waals surface area contributed by atoms with Gasteiger partial charge in [0.1, 0.15) is 5.82 Å². The van der Waals surface area contributed by atoms with Gasteiger partial charge in [-0.2, -0.15) is 5.10 Å². The van der Waals surface area contributed by atoms with Crippen molar-refractivity contribution >= 4 is 11.6 Å². The zero-order valence-electron chi connectivity index (χ0n) is 11.7. The van der Waals surface area contributed by atoms with Crippen LogP contribution in [0.2, 0.25) is 5.02 Å². The lowest BCUT2D eigenvalue weighted by Crippen LogP contribution is -2.14. The Balaban J connectivity index is 2.01. The third kappa shape index (κ3) is 3.11. The molecule has 1 aromatic carbocycles. The molecule has 0 spiro atoms. The largest absolute Gasteiger partial charge is 0.481 e. The maximum Gasteiger partial charge on any atom is 0.216 e. The van der Waals surface area contributed by atoms with Crippen molar-refractivity contribution in [2.24, 2.45) is 7.05 Å². The molecule has 1 heterocycles. The minimum absolute atomic E-state index is 0.138. The summed E-state index contributed by atoms with van der Waals surface area (Å²) in [4.78, 5) is 0. The van der Waals surface area contributed by atoms with Gasteiger partial charge in [-0.1, -0.05) is 17.7 Å². The van der Waals surface area contributed by atoms with Crippen LogP contribution in [0, 0.1) is 12.7 Å². The highest BCUT2D eigenvalue weighted by Gasteiger charge is 2.13. The summed E-state index contributed by atoms with van der Waals surface area (Å²) in [6.45, 7) is 3.16. The SMILES string of the molecule is COc1c(CNCc2ccc(F)c(Cl)c2)c(C)nn1C. The molecule has 0 saturated heterocycles. The molecule has 6 heteroatoms. The predicted molar refractivity (Wildman–Crippen MR) is 76.5 cm³/mol. The molecule has 0 fully saturated rings. The Kier molecular flexibility index (Phi) is 4.62. The van der Waals surface area contributed by atoms with Gasteiger partial charge in [-0.15, -0.1) is 0 Å². The minimum Gasteiger partial charge on any atom is -0.481 e. The second kappa shape index (κ2) is 6.24. The highest BCUT2D eigenvalue weighted by Crippen LogP contribution is 2.21. The van der Waals surface area contributed by atoms with Gasteiger partial charge in [-0.3, -0.25) is 0 Å². The molecule has 1 aromatic heterocycles. The van der Waals surface area contributed by atoms with Crippen molar-refractivity contribution in [3.8, 4) is 5.88 Å². The van der Waals surface area contributed by atoms with E-state index in [0.29, 0.717) is 13.1 Å². The number of nitrogens with zero attached hydrogens (tertiary/aromatic N) is 2. The molecule has 20 heavy (non-hydrogen) atoms. The quantitative estimate of drug-likeness (QED) is 0.922. The van der Waals surface area contributed by atoms with E-state index in [1.165, 1.54) is 6.07 Å².